The summed E-state index contributed by atoms with van der Waals surface area (Å²) >= 11 is 0. The van der Waals surface area contributed by atoms with Crippen LogP contribution in [0.25, 0.3) is 0 Å². The van der Waals surface area contributed by atoms with Crippen LogP contribution in [0.2, 0.25) is 0 Å². The number of carbonyl (C=O) groups excluding carboxylic acids is 1. The number of aliphatic hydroxyl groups is 18. The molecule has 30 atom stereocenters. The summed E-state index contributed by atoms with van der Waals surface area (Å²) in [4.78, 5) is 12.7. The molecule has 6 heterocycles. The molecule has 442 valence electrons. The summed E-state index contributed by atoms with van der Waals surface area (Å²) in [6.45, 7) is -4.87. The molecule has 32 nitrogen and oxygen atoms in total. The molecule has 6 aliphatic heterocycles. The molecule has 0 aliphatic carbocycles. The quantitative estimate of drug-likeness (QED) is 0.0513. The highest BCUT2D eigenvalue weighted by molar-refractivity contribution is 5.73. The fourth-order valence-electron chi connectivity index (χ4n) is 9.69. The Balaban J connectivity index is 1.25. The third-order valence-electron chi connectivity index (χ3n) is 14.0. The van der Waals surface area contributed by atoms with Gasteiger partial charge in [-0.2, -0.15) is 0 Å². The Morgan fingerprint density at radius 3 is 1.47 bits per heavy atom. The van der Waals surface area contributed by atoms with Crippen molar-refractivity contribution in [2.24, 2.45) is 0 Å². The molecule has 1 aromatic rings. The van der Waals surface area contributed by atoms with Crippen LogP contribution in [-0.4, -0.2) is 322 Å². The van der Waals surface area contributed by atoms with E-state index in [-0.39, 0.29) is 6.61 Å². The van der Waals surface area contributed by atoms with Gasteiger partial charge in [-0.3, -0.25) is 4.79 Å². The zero-order chi connectivity index (χ0) is 56.2. The van der Waals surface area contributed by atoms with Crippen molar-refractivity contribution in [3.8, 4) is 0 Å². The lowest BCUT2D eigenvalue weighted by Gasteiger charge is -2.49. The van der Waals surface area contributed by atoms with Crippen LogP contribution < -0.4 is 5.32 Å². The van der Waals surface area contributed by atoms with Gasteiger partial charge in [0.2, 0.25) is 5.91 Å². The zero-order valence-corrected chi connectivity index (χ0v) is 41.0. The maximum atomic E-state index is 12.7. The second-order valence-corrected chi connectivity index (χ2v) is 19.3. The maximum absolute atomic E-state index is 12.7. The Kier molecular flexibility index (Phi) is 22.2. The van der Waals surface area contributed by atoms with E-state index in [0.29, 0.717) is 5.56 Å². The average molecular weight is 1120 g/mol. The van der Waals surface area contributed by atoms with Crippen molar-refractivity contribution < 1.29 is 154 Å². The summed E-state index contributed by atoms with van der Waals surface area (Å²) < 4.78 is 71.2. The molecule has 0 spiro atoms. The number of carbonyl (C=O) groups is 1. The number of amides is 1. The van der Waals surface area contributed by atoms with Gasteiger partial charge in [0.05, 0.1) is 46.2 Å². The number of hydrogen-bond acceptors (Lipinski definition) is 31. The largest absolute Gasteiger partial charge is 0.394 e. The molecule has 1 aromatic carbocycles. The molecule has 0 aromatic heterocycles. The van der Waals surface area contributed by atoms with Crippen LogP contribution in [0, 0.1) is 0 Å². The van der Waals surface area contributed by atoms with Crippen LogP contribution >= 0.6 is 0 Å². The van der Waals surface area contributed by atoms with E-state index in [4.69, 9.17) is 56.8 Å². The highest BCUT2D eigenvalue weighted by Gasteiger charge is 2.59. The van der Waals surface area contributed by atoms with Crippen LogP contribution in [0.4, 0.5) is 0 Å². The van der Waals surface area contributed by atoms with Crippen molar-refractivity contribution in [2.75, 3.05) is 39.6 Å². The van der Waals surface area contributed by atoms with Crippen molar-refractivity contribution >= 4 is 5.91 Å². The topological polar surface area (TPSA) is 504 Å². The molecule has 32 heteroatoms. The molecule has 19 N–H and O–H groups in total. The molecule has 6 fully saturated rings. The summed E-state index contributed by atoms with van der Waals surface area (Å²) in [5.74, 6) is -0.729. The Morgan fingerprint density at radius 2 is 0.922 bits per heavy atom. The number of aliphatic hydroxyl groups excluding tert-OH is 18. The SMILES string of the molecule is CC(=O)N[C@H]1[C@@H](OCc2ccccc2)O[C@H](CO[C@@H]2O[C@H](CO)[C@H](O)[C@H](O[C@@H]3O[C@H](CO)[C@H](O)[C@H](O)[C@H]3O)[C@H]2O[C@@H]2O[C@H](CO)[C@H](O)[C@H](O)[C@H]2O)[C@@H](O[C@@H]2O[C@@H]([C@H](O)CO)[C@H](O)[C@H]2O[C@@H]2O[C@@H]([C@H](O)CO)[C@H](O)[C@H]2O)[C@@H]1O. The first kappa shape index (κ1) is 62.1. The molecule has 7 rings (SSSR count). The van der Waals surface area contributed by atoms with Crippen molar-refractivity contribution in [1.82, 2.24) is 5.32 Å². The predicted molar refractivity (Wildman–Crippen MR) is 240 cm³/mol. The van der Waals surface area contributed by atoms with E-state index in [9.17, 15) is 96.7 Å². The van der Waals surface area contributed by atoms with Crippen LogP contribution in [-0.2, 0) is 68.2 Å². The molecular formula is C45H71NO31. The van der Waals surface area contributed by atoms with E-state index < -0.39 is 230 Å². The smallest absolute Gasteiger partial charge is 0.217 e. The number of ether oxygens (including phenoxy) is 12. The first-order valence-electron chi connectivity index (χ1n) is 24.7. The van der Waals surface area contributed by atoms with Gasteiger partial charge in [-0.1, -0.05) is 30.3 Å². The van der Waals surface area contributed by atoms with Gasteiger partial charge < -0.3 is 154 Å². The van der Waals surface area contributed by atoms with Crippen molar-refractivity contribution in [3.63, 3.8) is 0 Å². The Hall–Kier alpha value is -2.51. The second-order valence-electron chi connectivity index (χ2n) is 19.3. The van der Waals surface area contributed by atoms with Crippen LogP contribution in [0.3, 0.4) is 0 Å². The normalized spacial score (nSPS) is 46.4. The minimum Gasteiger partial charge on any atom is -0.394 e. The Bertz CT molecular complexity index is 1950. The van der Waals surface area contributed by atoms with E-state index in [0.717, 1.165) is 6.92 Å². The van der Waals surface area contributed by atoms with E-state index in [1.165, 1.54) is 0 Å². The lowest BCUT2D eigenvalue weighted by molar-refractivity contribution is -0.395. The van der Waals surface area contributed by atoms with Gasteiger partial charge in [0.25, 0.3) is 0 Å². The fourth-order valence-corrected chi connectivity index (χ4v) is 9.69. The summed E-state index contributed by atoms with van der Waals surface area (Å²) in [7, 11) is 0. The first-order valence-corrected chi connectivity index (χ1v) is 24.7. The number of rotatable bonds is 22. The highest BCUT2D eigenvalue weighted by Crippen LogP contribution is 2.38. The van der Waals surface area contributed by atoms with Crippen LogP contribution in [0.5, 0.6) is 0 Å². The number of nitrogens with one attached hydrogen (secondary N) is 1. The van der Waals surface area contributed by atoms with Crippen LogP contribution in [0.1, 0.15) is 12.5 Å². The lowest BCUT2D eigenvalue weighted by Crippen LogP contribution is -2.68. The summed E-state index contributed by atoms with van der Waals surface area (Å²) in [6.07, 6.45) is -55.2. The standard InChI is InChI=1S/C45H71NO31/c1-14(52)46-22-26(58)36(74-45-38(33(65)35(73-45)17(54)8-48)76-43-32(64)29(61)34(72-43)16(53)7-47)21(71-40(22)66-12-15-5-3-2-4-6-15)13-67-44-39(77-42-31(63)28(60)24(56)19(10-50)69-42)37(25(57)20(11-51)70-44)75-41-30(62)27(59)23(55)18(9-49)68-41/h2-6,16-45,47-51,53-65H,7-13H2,1H3,(H,46,52)/t16-,17-,18-,19-,20-,21-,22-,23+,24+,25+,26-,27+,28+,29-,30-,31-,32-,33+,34+,35+,36-,37+,38-,39-,40+,41+,42+,43+,44-,45+/m1/s1. The minimum atomic E-state index is -2.15. The molecule has 77 heavy (non-hydrogen) atoms. The van der Waals surface area contributed by atoms with Crippen molar-refractivity contribution in [2.45, 2.75) is 198 Å². The van der Waals surface area contributed by atoms with Gasteiger partial charge in [-0.05, 0) is 5.56 Å². The zero-order valence-electron chi connectivity index (χ0n) is 41.0. The molecular weight excluding hydrogens is 1050 g/mol. The monoisotopic (exact) mass is 1120 g/mol. The van der Waals surface area contributed by atoms with E-state index >= 15 is 0 Å². The van der Waals surface area contributed by atoms with Gasteiger partial charge in [0, 0.05) is 6.92 Å². The summed E-state index contributed by atoms with van der Waals surface area (Å²) in [5, 5.41) is 195. The van der Waals surface area contributed by atoms with Gasteiger partial charge in [-0.15, -0.1) is 0 Å². The van der Waals surface area contributed by atoms with Gasteiger partial charge in [0.1, 0.15) is 146 Å². The molecule has 0 unspecified atom stereocenters. The number of hydrogen-bond donors (Lipinski definition) is 19. The third kappa shape index (κ3) is 13.7. The Morgan fingerprint density at radius 1 is 0.468 bits per heavy atom. The van der Waals surface area contributed by atoms with E-state index in [1.54, 1.807) is 30.3 Å². The molecule has 6 aliphatic rings. The first-order chi connectivity index (χ1) is 36.7. The van der Waals surface area contributed by atoms with Gasteiger partial charge >= 0.3 is 0 Å². The highest BCUT2D eigenvalue weighted by atomic mass is 16.8. The molecule has 0 bridgehead atoms. The minimum absolute atomic E-state index is 0.211. The molecule has 6 saturated heterocycles. The maximum Gasteiger partial charge on any atom is 0.217 e. The third-order valence-corrected chi connectivity index (χ3v) is 14.0. The Labute approximate surface area is 437 Å². The summed E-state index contributed by atoms with van der Waals surface area (Å²) in [6, 6.07) is 6.93. The molecule has 0 saturated carbocycles. The predicted octanol–water partition coefficient (Wildman–Crippen LogP) is -11.7. The summed E-state index contributed by atoms with van der Waals surface area (Å²) in [5.41, 5.74) is 0.582. The number of benzene rings is 1. The average Bonchev–Trinajstić information content (AvgIpc) is 3.90. The molecule has 1 amide bonds. The van der Waals surface area contributed by atoms with Gasteiger partial charge in [-0.25, -0.2) is 0 Å². The van der Waals surface area contributed by atoms with E-state index in [2.05, 4.69) is 5.32 Å². The van der Waals surface area contributed by atoms with Gasteiger partial charge in [0.15, 0.2) is 37.7 Å². The van der Waals surface area contributed by atoms with E-state index in [1.807, 2.05) is 0 Å². The second kappa shape index (κ2) is 27.5. The van der Waals surface area contributed by atoms with Crippen molar-refractivity contribution in [1.29, 1.82) is 0 Å². The van der Waals surface area contributed by atoms with Crippen molar-refractivity contribution in [3.05, 3.63) is 35.9 Å². The van der Waals surface area contributed by atoms with Crippen LogP contribution in [0.15, 0.2) is 30.3 Å². The fraction of sp³-hybridized carbons (Fsp3) is 0.844. The lowest BCUT2D eigenvalue weighted by atomic mass is 9.95. The molecule has 0 radical (unpaired) electrons.